The predicted octanol–water partition coefficient (Wildman–Crippen LogP) is 5.91. The highest BCUT2D eigenvalue weighted by molar-refractivity contribution is 5.91. The molecular weight excluding hydrogens is 483 g/mol. The van der Waals surface area contributed by atoms with Gasteiger partial charge in [0, 0.05) is 29.1 Å². The Kier molecular flexibility index (Phi) is 7.41. The number of nitrogens with one attached hydrogen (secondary N) is 1. The van der Waals surface area contributed by atoms with Gasteiger partial charge in [0.25, 0.3) is 0 Å². The molecule has 0 amide bonds. The lowest BCUT2D eigenvalue weighted by Gasteiger charge is -2.47. The molecule has 3 N–H and O–H groups in total. The van der Waals surface area contributed by atoms with Gasteiger partial charge < -0.3 is 25.4 Å². The molecule has 0 radical (unpaired) electrons. The molecule has 2 aromatic carbocycles. The van der Waals surface area contributed by atoms with E-state index in [2.05, 4.69) is 41.2 Å². The van der Waals surface area contributed by atoms with E-state index >= 15 is 0 Å². The van der Waals surface area contributed by atoms with Crippen LogP contribution in [0.3, 0.4) is 0 Å². The molecule has 1 aliphatic carbocycles. The zero-order valence-electron chi connectivity index (χ0n) is 21.8. The number of alkyl halides is 3. The average Bonchev–Trinajstić information content (AvgIpc) is 2.80. The van der Waals surface area contributed by atoms with Gasteiger partial charge in [-0.05, 0) is 70.6 Å². The van der Waals surface area contributed by atoms with Crippen LogP contribution in [-0.4, -0.2) is 48.7 Å². The Hall–Kier alpha value is -3.27. The fourth-order valence-corrected chi connectivity index (χ4v) is 5.08. The van der Waals surface area contributed by atoms with Crippen LogP contribution in [0.25, 0.3) is 10.9 Å². The summed E-state index contributed by atoms with van der Waals surface area (Å²) in [5.41, 5.74) is 6.11. The minimum Gasteiger partial charge on any atom is -0.493 e. The summed E-state index contributed by atoms with van der Waals surface area (Å²) in [7, 11) is 5.72. The molecule has 0 unspecified atom stereocenters. The molecule has 1 aliphatic rings. The third kappa shape index (κ3) is 5.69. The van der Waals surface area contributed by atoms with E-state index in [-0.39, 0.29) is 17.2 Å². The normalized spacial score (nSPS) is 16.8. The number of rotatable bonds is 9. The molecule has 7 nitrogen and oxygen atoms in total. The second-order valence-electron chi connectivity index (χ2n) is 10.2. The Bertz CT molecular complexity index is 1260. The smallest absolute Gasteiger partial charge is 0.416 e. The molecule has 10 heteroatoms. The summed E-state index contributed by atoms with van der Waals surface area (Å²) in [5, 5.41) is 3.90. The number of nitrogens with two attached hydrogens (primary N) is 1. The topological polar surface area (TPSA) is 85.5 Å². The van der Waals surface area contributed by atoms with Crippen LogP contribution in [-0.2, 0) is 6.18 Å². The molecule has 3 aromatic rings. The molecule has 0 spiro atoms. The van der Waals surface area contributed by atoms with Crippen molar-refractivity contribution in [3.8, 4) is 11.5 Å². The van der Waals surface area contributed by atoms with Crippen molar-refractivity contribution >= 4 is 22.4 Å². The van der Waals surface area contributed by atoms with Gasteiger partial charge >= 0.3 is 6.18 Å². The van der Waals surface area contributed by atoms with Crippen LogP contribution in [0.5, 0.6) is 11.5 Å². The number of anilines is 2. The molecular formula is C27H34F3N5O2. The maximum atomic E-state index is 13.3. The molecule has 0 bridgehead atoms. The summed E-state index contributed by atoms with van der Waals surface area (Å²) in [6.45, 7) is 4.78. The standard InChI is InChI=1S/C27H34F3N5O2/c1-16(18-9-19(27(28,29)30)11-20(31)10-18)34-25-21-12-24(23(36-5)13-22(21)32-15-33-25)37-17(2)26(7-6-8-26)14-35(3)4/h9-13,15-17H,6-8,14,31H2,1-5H3,(H,32,33,34)/t16-,17-/m1/s1. The van der Waals surface area contributed by atoms with Crippen LogP contribution in [0, 0.1) is 5.41 Å². The average molecular weight is 518 g/mol. The third-order valence-electron chi connectivity index (χ3n) is 7.23. The van der Waals surface area contributed by atoms with Gasteiger partial charge in [-0.25, -0.2) is 9.97 Å². The van der Waals surface area contributed by atoms with Crippen molar-refractivity contribution in [2.24, 2.45) is 5.41 Å². The van der Waals surface area contributed by atoms with E-state index in [1.165, 1.54) is 18.8 Å². The third-order valence-corrected chi connectivity index (χ3v) is 7.23. The maximum absolute atomic E-state index is 13.3. The van der Waals surface area contributed by atoms with Crippen LogP contribution >= 0.6 is 0 Å². The number of halogens is 3. The molecule has 1 aromatic heterocycles. The Morgan fingerprint density at radius 1 is 1.08 bits per heavy atom. The highest BCUT2D eigenvalue weighted by atomic mass is 19.4. The Balaban J connectivity index is 1.66. The van der Waals surface area contributed by atoms with Crippen molar-refractivity contribution in [1.82, 2.24) is 14.9 Å². The highest BCUT2D eigenvalue weighted by Gasteiger charge is 2.44. The van der Waals surface area contributed by atoms with E-state index in [1.54, 1.807) is 20.1 Å². The van der Waals surface area contributed by atoms with Crippen molar-refractivity contribution in [2.75, 3.05) is 38.8 Å². The summed E-state index contributed by atoms with van der Waals surface area (Å²) in [6, 6.07) is 6.67. The van der Waals surface area contributed by atoms with Gasteiger partial charge in [-0.1, -0.05) is 6.42 Å². The number of nitrogen functional groups attached to an aromatic ring is 1. The number of methoxy groups -OCH3 is 1. The number of fused-ring (bicyclic) bond motifs is 1. The maximum Gasteiger partial charge on any atom is 0.416 e. The molecule has 1 saturated carbocycles. The minimum atomic E-state index is -4.49. The summed E-state index contributed by atoms with van der Waals surface area (Å²) >= 11 is 0. The van der Waals surface area contributed by atoms with Crippen LogP contribution < -0.4 is 20.5 Å². The number of aromatic nitrogens is 2. The lowest BCUT2D eigenvalue weighted by molar-refractivity contribution is -0.137. The quantitative estimate of drug-likeness (QED) is 0.341. The Morgan fingerprint density at radius 2 is 1.81 bits per heavy atom. The lowest BCUT2D eigenvalue weighted by Crippen LogP contribution is -2.49. The minimum absolute atomic E-state index is 0.0445. The first kappa shape index (κ1) is 26.8. The second-order valence-corrected chi connectivity index (χ2v) is 10.2. The largest absolute Gasteiger partial charge is 0.493 e. The molecule has 37 heavy (non-hydrogen) atoms. The van der Waals surface area contributed by atoms with E-state index < -0.39 is 17.8 Å². The van der Waals surface area contributed by atoms with Gasteiger partial charge in [0.15, 0.2) is 11.5 Å². The fraction of sp³-hybridized carbons (Fsp3) is 0.481. The van der Waals surface area contributed by atoms with Crippen molar-refractivity contribution in [3.63, 3.8) is 0 Å². The molecule has 200 valence electrons. The van der Waals surface area contributed by atoms with E-state index in [9.17, 15) is 13.2 Å². The number of ether oxygens (including phenoxy) is 2. The molecule has 1 heterocycles. The Labute approximate surface area is 215 Å². The predicted molar refractivity (Wildman–Crippen MR) is 139 cm³/mol. The molecule has 0 aliphatic heterocycles. The summed E-state index contributed by atoms with van der Waals surface area (Å²) in [5.74, 6) is 1.60. The van der Waals surface area contributed by atoms with Crippen molar-refractivity contribution in [1.29, 1.82) is 0 Å². The van der Waals surface area contributed by atoms with Gasteiger partial charge in [-0.2, -0.15) is 13.2 Å². The van der Waals surface area contributed by atoms with E-state index in [1.807, 2.05) is 6.07 Å². The van der Waals surface area contributed by atoms with Gasteiger partial charge in [-0.15, -0.1) is 0 Å². The highest BCUT2D eigenvalue weighted by Crippen LogP contribution is 2.47. The molecule has 0 saturated heterocycles. The zero-order chi connectivity index (χ0) is 27.0. The first-order valence-electron chi connectivity index (χ1n) is 12.3. The molecule has 2 atom stereocenters. The first-order valence-corrected chi connectivity index (χ1v) is 12.3. The van der Waals surface area contributed by atoms with Gasteiger partial charge in [-0.3, -0.25) is 0 Å². The fourth-order valence-electron chi connectivity index (χ4n) is 5.08. The van der Waals surface area contributed by atoms with Gasteiger partial charge in [0.1, 0.15) is 18.2 Å². The Morgan fingerprint density at radius 3 is 2.41 bits per heavy atom. The van der Waals surface area contributed by atoms with Crippen LogP contribution in [0.4, 0.5) is 24.7 Å². The lowest BCUT2D eigenvalue weighted by atomic mass is 9.65. The van der Waals surface area contributed by atoms with E-state index in [0.717, 1.165) is 31.5 Å². The number of hydrogen-bond donors (Lipinski definition) is 2. The van der Waals surface area contributed by atoms with Crippen LogP contribution in [0.15, 0.2) is 36.7 Å². The van der Waals surface area contributed by atoms with E-state index in [0.29, 0.717) is 33.8 Å². The molecule has 1 fully saturated rings. The number of nitrogens with zero attached hydrogens (tertiary/aromatic N) is 3. The van der Waals surface area contributed by atoms with Gasteiger partial charge in [0.2, 0.25) is 0 Å². The van der Waals surface area contributed by atoms with Crippen molar-refractivity contribution < 1.29 is 22.6 Å². The summed E-state index contributed by atoms with van der Waals surface area (Å²) in [6.07, 6.45) is 0.223. The zero-order valence-corrected chi connectivity index (χ0v) is 21.8. The molecule has 4 rings (SSSR count). The first-order chi connectivity index (χ1) is 17.4. The number of benzene rings is 2. The van der Waals surface area contributed by atoms with E-state index in [4.69, 9.17) is 15.2 Å². The van der Waals surface area contributed by atoms with Crippen LogP contribution in [0.1, 0.15) is 50.3 Å². The van der Waals surface area contributed by atoms with Crippen molar-refractivity contribution in [3.05, 3.63) is 47.8 Å². The second kappa shape index (κ2) is 10.2. The van der Waals surface area contributed by atoms with Crippen molar-refractivity contribution in [2.45, 2.75) is 51.4 Å². The SMILES string of the molecule is COc1cc2ncnc(N[C@H](C)c3cc(N)cc(C(F)(F)F)c3)c2cc1O[C@H](C)C1(CN(C)C)CCC1. The van der Waals surface area contributed by atoms with Gasteiger partial charge in [0.05, 0.1) is 24.2 Å². The van der Waals surface area contributed by atoms with Crippen LogP contribution in [0.2, 0.25) is 0 Å². The summed E-state index contributed by atoms with van der Waals surface area (Å²) < 4.78 is 52.1. The monoisotopic (exact) mass is 517 g/mol. The number of hydrogen-bond acceptors (Lipinski definition) is 7. The summed E-state index contributed by atoms with van der Waals surface area (Å²) in [4.78, 5) is 10.9.